The molecule has 2 aliphatic rings. The number of likely N-dealkylation sites (N-methyl/N-ethyl adjacent to an activating group) is 1. The number of anilines is 1. The highest BCUT2D eigenvalue weighted by Gasteiger charge is 2.34. The summed E-state index contributed by atoms with van der Waals surface area (Å²) in [5, 5.41) is 3.27. The first-order valence-electron chi connectivity index (χ1n) is 11.4. The lowest BCUT2D eigenvalue weighted by atomic mass is 9.98. The number of fused-ring (bicyclic) bond motifs is 1. The van der Waals surface area contributed by atoms with E-state index in [9.17, 15) is 4.79 Å². The van der Waals surface area contributed by atoms with Crippen LogP contribution in [0.4, 0.5) is 5.82 Å². The fourth-order valence-electron chi connectivity index (χ4n) is 4.91. The molecule has 32 heavy (non-hydrogen) atoms. The molecule has 3 aromatic rings. The highest BCUT2D eigenvalue weighted by Crippen LogP contribution is 2.35. The van der Waals surface area contributed by atoms with Crippen LogP contribution < -0.4 is 5.32 Å². The molecule has 2 aliphatic heterocycles. The molecule has 0 saturated carbocycles. The van der Waals surface area contributed by atoms with Gasteiger partial charge in [0.15, 0.2) is 5.82 Å². The minimum absolute atomic E-state index is 0.0522. The molecule has 1 fully saturated rings. The Morgan fingerprint density at radius 1 is 1.03 bits per heavy atom. The Kier molecular flexibility index (Phi) is 5.62. The number of nitrogens with one attached hydrogen (secondary N) is 1. The summed E-state index contributed by atoms with van der Waals surface area (Å²) in [5.41, 5.74) is 5.04. The van der Waals surface area contributed by atoms with E-state index in [0.29, 0.717) is 0 Å². The van der Waals surface area contributed by atoms with Gasteiger partial charge in [-0.05, 0) is 43.5 Å². The predicted molar refractivity (Wildman–Crippen MR) is 127 cm³/mol. The molecule has 2 aromatic carbocycles. The van der Waals surface area contributed by atoms with E-state index < -0.39 is 0 Å². The minimum atomic E-state index is -0.101. The van der Waals surface area contributed by atoms with Crippen molar-refractivity contribution in [3.8, 4) is 11.1 Å². The molecule has 1 amide bonds. The number of amides is 1. The number of benzene rings is 2. The maximum atomic E-state index is 13.8. The van der Waals surface area contributed by atoms with Crippen LogP contribution in [0, 0.1) is 0 Å². The number of hydrogen-bond acceptors (Lipinski definition) is 5. The van der Waals surface area contributed by atoms with Crippen LogP contribution in [-0.2, 0) is 13.0 Å². The summed E-state index contributed by atoms with van der Waals surface area (Å²) < 4.78 is 0. The van der Waals surface area contributed by atoms with E-state index in [1.54, 1.807) is 0 Å². The molecule has 5 rings (SSSR count). The van der Waals surface area contributed by atoms with E-state index >= 15 is 0 Å². The number of carbonyl (C=O) groups is 1. The van der Waals surface area contributed by atoms with Crippen LogP contribution in [-0.4, -0.2) is 52.9 Å². The molecule has 1 atom stereocenters. The van der Waals surface area contributed by atoms with Crippen LogP contribution in [0.5, 0.6) is 0 Å². The van der Waals surface area contributed by atoms with Crippen molar-refractivity contribution < 1.29 is 4.79 Å². The van der Waals surface area contributed by atoms with Crippen LogP contribution in [0.2, 0.25) is 0 Å². The van der Waals surface area contributed by atoms with Gasteiger partial charge in [0.1, 0.15) is 5.82 Å². The smallest absolute Gasteiger partial charge is 0.255 e. The monoisotopic (exact) mass is 427 g/mol. The second kappa shape index (κ2) is 8.71. The van der Waals surface area contributed by atoms with Crippen LogP contribution in [0.1, 0.15) is 46.3 Å². The summed E-state index contributed by atoms with van der Waals surface area (Å²) in [5.74, 6) is 1.71. The van der Waals surface area contributed by atoms with E-state index in [4.69, 9.17) is 9.97 Å². The van der Waals surface area contributed by atoms with E-state index in [0.717, 1.165) is 72.9 Å². The molecule has 0 bridgehead atoms. The molecule has 1 aromatic heterocycles. The Labute approximate surface area is 189 Å². The van der Waals surface area contributed by atoms with Gasteiger partial charge >= 0.3 is 0 Å². The number of aromatic nitrogens is 2. The predicted octanol–water partition coefficient (Wildman–Crippen LogP) is 4.15. The van der Waals surface area contributed by atoms with Crippen LogP contribution in [0.15, 0.2) is 54.6 Å². The molecule has 6 nitrogen and oxygen atoms in total. The normalized spacial score (nSPS) is 18.4. The summed E-state index contributed by atoms with van der Waals surface area (Å²) in [6.45, 7) is 2.55. The molecular weight excluding hydrogens is 398 g/mol. The van der Waals surface area contributed by atoms with Crippen molar-refractivity contribution in [1.29, 1.82) is 0 Å². The number of likely N-dealkylation sites (tertiary alicyclic amines) is 1. The molecule has 0 spiro atoms. The van der Waals surface area contributed by atoms with Crippen molar-refractivity contribution in [2.45, 2.75) is 31.8 Å². The van der Waals surface area contributed by atoms with Gasteiger partial charge in [-0.2, -0.15) is 0 Å². The van der Waals surface area contributed by atoms with Crippen molar-refractivity contribution in [2.24, 2.45) is 0 Å². The topological polar surface area (TPSA) is 61.4 Å². The number of hydrogen-bond donors (Lipinski definition) is 1. The van der Waals surface area contributed by atoms with Crippen LogP contribution in [0.25, 0.3) is 11.1 Å². The van der Waals surface area contributed by atoms with Crippen molar-refractivity contribution in [1.82, 2.24) is 19.8 Å². The van der Waals surface area contributed by atoms with Crippen molar-refractivity contribution in [3.05, 3.63) is 77.2 Å². The molecule has 164 valence electrons. The Morgan fingerprint density at radius 3 is 2.62 bits per heavy atom. The second-order valence-electron chi connectivity index (χ2n) is 8.66. The molecule has 1 N–H and O–H groups in total. The fraction of sp³-hybridized carbons (Fsp3) is 0.346. The second-order valence-corrected chi connectivity index (χ2v) is 8.66. The Morgan fingerprint density at radius 2 is 1.81 bits per heavy atom. The lowest BCUT2D eigenvalue weighted by Crippen LogP contribution is -2.33. The zero-order valence-electron chi connectivity index (χ0n) is 18.7. The van der Waals surface area contributed by atoms with Gasteiger partial charge in [0.05, 0.1) is 11.7 Å². The van der Waals surface area contributed by atoms with Gasteiger partial charge in [0, 0.05) is 37.8 Å². The maximum Gasteiger partial charge on any atom is 0.255 e. The van der Waals surface area contributed by atoms with Crippen LogP contribution >= 0.6 is 0 Å². The van der Waals surface area contributed by atoms with Crippen molar-refractivity contribution in [3.63, 3.8) is 0 Å². The Balaban J connectivity index is 1.50. The van der Waals surface area contributed by atoms with E-state index in [1.807, 2.05) is 54.4 Å². The first-order valence-corrected chi connectivity index (χ1v) is 11.4. The lowest BCUT2D eigenvalue weighted by molar-refractivity contribution is 0.0730. The Bertz CT molecular complexity index is 1130. The third-order valence-electron chi connectivity index (χ3n) is 6.56. The first-order chi connectivity index (χ1) is 15.7. The first kappa shape index (κ1) is 20.6. The molecule has 0 unspecified atom stereocenters. The van der Waals surface area contributed by atoms with Crippen molar-refractivity contribution in [2.75, 3.05) is 32.5 Å². The number of carbonyl (C=O) groups excluding carboxylic acids is 1. The summed E-state index contributed by atoms with van der Waals surface area (Å²) in [7, 11) is 4.04. The quantitative estimate of drug-likeness (QED) is 0.678. The largest absolute Gasteiger partial charge is 0.373 e. The van der Waals surface area contributed by atoms with Crippen LogP contribution in [0.3, 0.4) is 0 Å². The molecule has 3 heterocycles. The average molecular weight is 428 g/mol. The summed E-state index contributed by atoms with van der Waals surface area (Å²) in [6.07, 6.45) is 2.79. The lowest BCUT2D eigenvalue weighted by Gasteiger charge is -2.29. The van der Waals surface area contributed by atoms with Gasteiger partial charge in [-0.15, -0.1) is 0 Å². The van der Waals surface area contributed by atoms with Gasteiger partial charge in [-0.25, -0.2) is 9.97 Å². The third-order valence-corrected chi connectivity index (χ3v) is 6.56. The highest BCUT2D eigenvalue weighted by molar-refractivity contribution is 6.01. The number of nitrogens with zero attached hydrogens (tertiary/aromatic N) is 4. The molecular formula is C26H29N5O. The van der Waals surface area contributed by atoms with E-state index in [2.05, 4.69) is 29.4 Å². The fourth-order valence-corrected chi connectivity index (χ4v) is 4.91. The molecule has 6 heteroatoms. The zero-order chi connectivity index (χ0) is 22.1. The zero-order valence-corrected chi connectivity index (χ0v) is 18.7. The van der Waals surface area contributed by atoms with E-state index in [-0.39, 0.29) is 11.9 Å². The molecule has 1 saturated heterocycles. The summed E-state index contributed by atoms with van der Waals surface area (Å²) in [6, 6.07) is 17.9. The average Bonchev–Trinajstić information content (AvgIpc) is 3.33. The van der Waals surface area contributed by atoms with Gasteiger partial charge in [0.2, 0.25) is 0 Å². The summed E-state index contributed by atoms with van der Waals surface area (Å²) >= 11 is 0. The minimum Gasteiger partial charge on any atom is -0.373 e. The standard InChI is InChI=1S/C26H29N5O/c1-27-24-21-14-16-30(2)17-22(21)28-25(29-24)23-13-8-15-31(23)26(32)20-12-7-6-11-19(20)18-9-4-3-5-10-18/h3-7,9-12,23H,8,13-17H2,1-2H3,(H,27,28,29)/t23-/m1/s1. The molecule has 0 radical (unpaired) electrons. The van der Waals surface area contributed by atoms with Gasteiger partial charge in [-0.1, -0.05) is 48.5 Å². The SMILES string of the molecule is CNc1nc([C@H]2CCCN2C(=O)c2ccccc2-c2ccccc2)nc2c1CCN(C)C2. The van der Waals surface area contributed by atoms with Gasteiger partial charge in [-0.3, -0.25) is 4.79 Å². The maximum absolute atomic E-state index is 13.8. The third kappa shape index (κ3) is 3.75. The highest BCUT2D eigenvalue weighted by atomic mass is 16.2. The summed E-state index contributed by atoms with van der Waals surface area (Å²) in [4.78, 5) is 27.9. The molecule has 0 aliphatic carbocycles. The Hall–Kier alpha value is -3.25. The number of rotatable bonds is 4. The van der Waals surface area contributed by atoms with Gasteiger partial charge in [0.25, 0.3) is 5.91 Å². The van der Waals surface area contributed by atoms with Crippen molar-refractivity contribution >= 4 is 11.7 Å². The van der Waals surface area contributed by atoms with Gasteiger partial charge < -0.3 is 15.1 Å². The van der Waals surface area contributed by atoms with E-state index in [1.165, 1.54) is 5.56 Å².